The molecule has 2 atom stereocenters. The van der Waals surface area contributed by atoms with Crippen LogP contribution < -0.4 is 15.4 Å². The Morgan fingerprint density at radius 2 is 1.75 bits per heavy atom. The lowest BCUT2D eigenvalue weighted by atomic mass is 9.71. The summed E-state index contributed by atoms with van der Waals surface area (Å²) < 4.78 is 5.46. The third-order valence-electron chi connectivity index (χ3n) is 7.25. The monoisotopic (exact) mass is 472 g/mol. The van der Waals surface area contributed by atoms with Crippen LogP contribution in [0.1, 0.15) is 41.4 Å². The number of nitrogens with zero attached hydrogens (tertiary/aromatic N) is 3. The predicted molar refractivity (Wildman–Crippen MR) is 138 cm³/mol. The molecule has 3 aromatic rings. The molecule has 3 aromatic carbocycles. The number of hydrogen-bond acceptors (Lipinski definition) is 6. The third-order valence-corrected chi connectivity index (χ3v) is 7.25. The fourth-order valence-electron chi connectivity index (χ4n) is 5.63. The molecular weight excluding hydrogens is 448 g/mol. The number of methoxy groups -OCH3 is 1. The van der Waals surface area contributed by atoms with Crippen LogP contribution in [-0.4, -0.2) is 18.7 Å². The molecule has 2 aliphatic heterocycles. The molecule has 3 aliphatic rings. The molecule has 6 rings (SSSR count). The number of nitrogens with two attached hydrogens (primary N) is 1. The van der Waals surface area contributed by atoms with Gasteiger partial charge in [0.1, 0.15) is 11.6 Å². The Morgan fingerprint density at radius 1 is 1.00 bits per heavy atom. The van der Waals surface area contributed by atoms with Gasteiger partial charge in [0.25, 0.3) is 0 Å². The number of benzene rings is 3. The van der Waals surface area contributed by atoms with Crippen LogP contribution >= 0.6 is 0 Å². The lowest BCUT2D eigenvalue weighted by Gasteiger charge is -2.43. The van der Waals surface area contributed by atoms with E-state index >= 15 is 0 Å². The molecule has 6 heteroatoms. The lowest BCUT2D eigenvalue weighted by Crippen LogP contribution is -2.40. The molecule has 0 saturated carbocycles. The second-order valence-corrected chi connectivity index (χ2v) is 9.21. The van der Waals surface area contributed by atoms with E-state index < -0.39 is 5.92 Å². The number of carbonyl (C=O) groups excluding carboxylic acids is 1. The highest BCUT2D eigenvalue weighted by molar-refractivity contribution is 6.08. The van der Waals surface area contributed by atoms with Gasteiger partial charge in [-0.2, -0.15) is 5.26 Å². The summed E-state index contributed by atoms with van der Waals surface area (Å²) in [7, 11) is 1.61. The number of ketones is 1. The fraction of sp³-hybridized carbons (Fsp3) is 0.167. The standard InChI is InChI=1S/C30H24N4O2/c1-36-21-11-7-10-19(14-21)27-23(17-31)30-33-29(32)22-12-5-6-13-24(22)34(30)25-15-20(16-26(35)28(25)27)18-8-3-2-4-9-18/h2-14,20,27H,15-16H2,1H3,(H2,32,33)/t20-,27-/m1/s1. The summed E-state index contributed by atoms with van der Waals surface area (Å²) in [5.74, 6) is 1.05. The van der Waals surface area contributed by atoms with Gasteiger partial charge in [0.2, 0.25) is 0 Å². The lowest BCUT2D eigenvalue weighted by molar-refractivity contribution is -0.116. The van der Waals surface area contributed by atoms with Gasteiger partial charge in [-0.15, -0.1) is 0 Å². The molecule has 0 amide bonds. The van der Waals surface area contributed by atoms with Crippen LogP contribution in [0.5, 0.6) is 5.75 Å². The summed E-state index contributed by atoms with van der Waals surface area (Å²) in [5, 5.41) is 10.4. The van der Waals surface area contributed by atoms with Gasteiger partial charge in [0.15, 0.2) is 11.6 Å². The van der Waals surface area contributed by atoms with Gasteiger partial charge < -0.3 is 10.5 Å². The summed E-state index contributed by atoms with van der Waals surface area (Å²) in [6.45, 7) is 0. The first-order chi connectivity index (χ1) is 17.6. The predicted octanol–water partition coefficient (Wildman–Crippen LogP) is 5.15. The van der Waals surface area contributed by atoms with Gasteiger partial charge in [-0.3, -0.25) is 9.69 Å². The van der Waals surface area contributed by atoms with E-state index in [1.54, 1.807) is 7.11 Å². The van der Waals surface area contributed by atoms with Crippen molar-refractivity contribution in [1.29, 1.82) is 5.26 Å². The van der Waals surface area contributed by atoms with Crippen LogP contribution in [0.25, 0.3) is 0 Å². The fourth-order valence-corrected chi connectivity index (χ4v) is 5.63. The maximum atomic E-state index is 14.0. The highest BCUT2D eigenvalue weighted by atomic mass is 16.5. The highest BCUT2D eigenvalue weighted by Gasteiger charge is 2.45. The number of nitriles is 1. The molecule has 2 N–H and O–H groups in total. The van der Waals surface area contributed by atoms with E-state index in [1.165, 1.54) is 0 Å². The molecular formula is C30H24N4O2. The smallest absolute Gasteiger partial charge is 0.162 e. The second-order valence-electron chi connectivity index (χ2n) is 9.21. The first-order valence-corrected chi connectivity index (χ1v) is 11.9. The number of aliphatic imine (C=N–C) groups is 1. The summed E-state index contributed by atoms with van der Waals surface area (Å²) in [6.07, 6.45) is 1.04. The topological polar surface area (TPSA) is 91.7 Å². The zero-order valence-electron chi connectivity index (χ0n) is 19.8. The first kappa shape index (κ1) is 21.9. The van der Waals surface area contributed by atoms with Gasteiger partial charge in [0, 0.05) is 23.3 Å². The number of anilines is 1. The number of para-hydroxylation sites is 1. The molecule has 176 valence electrons. The number of carbonyl (C=O) groups is 1. The molecule has 0 bridgehead atoms. The number of rotatable bonds is 3. The molecule has 0 aromatic heterocycles. The minimum Gasteiger partial charge on any atom is -0.497 e. The van der Waals surface area contributed by atoms with Crippen molar-refractivity contribution in [1.82, 2.24) is 0 Å². The van der Waals surface area contributed by atoms with Gasteiger partial charge in [0.05, 0.1) is 30.4 Å². The van der Waals surface area contributed by atoms with Gasteiger partial charge in [-0.05, 0) is 47.7 Å². The van der Waals surface area contributed by atoms with Crippen LogP contribution in [0.3, 0.4) is 0 Å². The normalized spacial score (nSPS) is 20.7. The largest absolute Gasteiger partial charge is 0.497 e. The first-order valence-electron chi connectivity index (χ1n) is 11.9. The Balaban J connectivity index is 1.62. The Bertz CT molecular complexity index is 1530. The number of fused-ring (bicyclic) bond motifs is 4. The van der Waals surface area contributed by atoms with E-state index in [0.29, 0.717) is 41.4 Å². The maximum Gasteiger partial charge on any atom is 0.162 e. The average Bonchev–Trinajstić information content (AvgIpc) is 2.92. The van der Waals surface area contributed by atoms with Gasteiger partial charge in [-0.1, -0.05) is 54.6 Å². The van der Waals surface area contributed by atoms with Crippen molar-refractivity contribution in [3.8, 4) is 11.8 Å². The van der Waals surface area contributed by atoms with E-state index in [1.807, 2.05) is 71.6 Å². The van der Waals surface area contributed by atoms with Crippen LogP contribution in [0, 0.1) is 11.3 Å². The third kappa shape index (κ3) is 3.32. The Hall–Kier alpha value is -4.63. The summed E-state index contributed by atoms with van der Waals surface area (Å²) >= 11 is 0. The summed E-state index contributed by atoms with van der Waals surface area (Å²) in [5.41, 5.74) is 11.9. The zero-order valence-corrected chi connectivity index (χ0v) is 19.8. The Morgan fingerprint density at radius 3 is 2.53 bits per heavy atom. The second kappa shape index (κ2) is 8.54. The average molecular weight is 473 g/mol. The van der Waals surface area contributed by atoms with Crippen molar-refractivity contribution in [3.05, 3.63) is 118 Å². The van der Waals surface area contributed by atoms with E-state index in [2.05, 4.69) is 18.2 Å². The van der Waals surface area contributed by atoms with Crippen molar-refractivity contribution in [2.45, 2.75) is 24.7 Å². The van der Waals surface area contributed by atoms with Gasteiger partial charge in [-0.25, -0.2) is 4.99 Å². The Kier molecular flexibility index (Phi) is 5.19. The minimum absolute atomic E-state index is 0.0312. The maximum absolute atomic E-state index is 14.0. The van der Waals surface area contributed by atoms with E-state index in [4.69, 9.17) is 15.5 Å². The molecule has 0 radical (unpaired) electrons. The van der Waals surface area contributed by atoms with E-state index in [0.717, 1.165) is 28.1 Å². The number of Topliss-reactive ketones (excluding diaryl/α,β-unsaturated/α-hetero) is 1. The molecule has 0 spiro atoms. The van der Waals surface area contributed by atoms with Gasteiger partial charge >= 0.3 is 0 Å². The van der Waals surface area contributed by atoms with E-state index in [-0.39, 0.29) is 11.7 Å². The van der Waals surface area contributed by atoms with Crippen LogP contribution in [-0.2, 0) is 4.79 Å². The van der Waals surface area contributed by atoms with Crippen molar-refractivity contribution in [2.75, 3.05) is 12.0 Å². The molecule has 1 aliphatic carbocycles. The quantitative estimate of drug-likeness (QED) is 0.569. The van der Waals surface area contributed by atoms with Crippen LogP contribution in [0.2, 0.25) is 0 Å². The summed E-state index contributed by atoms with van der Waals surface area (Å²) in [4.78, 5) is 20.7. The number of ether oxygens (including phenoxy) is 1. The number of amidine groups is 1. The molecule has 2 heterocycles. The molecule has 6 nitrogen and oxygen atoms in total. The van der Waals surface area contributed by atoms with Crippen molar-refractivity contribution in [3.63, 3.8) is 0 Å². The Labute approximate surface area is 209 Å². The summed E-state index contributed by atoms with van der Waals surface area (Å²) in [6, 6.07) is 27.8. The van der Waals surface area contributed by atoms with Crippen LogP contribution in [0.4, 0.5) is 5.69 Å². The zero-order chi connectivity index (χ0) is 24.8. The van der Waals surface area contributed by atoms with E-state index in [9.17, 15) is 10.1 Å². The van der Waals surface area contributed by atoms with Crippen molar-refractivity contribution in [2.24, 2.45) is 10.7 Å². The molecule has 36 heavy (non-hydrogen) atoms. The number of allylic oxidation sites excluding steroid dienone is 3. The highest BCUT2D eigenvalue weighted by Crippen LogP contribution is 2.51. The van der Waals surface area contributed by atoms with Crippen molar-refractivity contribution >= 4 is 17.3 Å². The molecule has 0 unspecified atom stereocenters. The van der Waals surface area contributed by atoms with Crippen LogP contribution in [0.15, 0.2) is 107 Å². The number of hydrogen-bond donors (Lipinski definition) is 1. The molecule has 0 fully saturated rings. The SMILES string of the molecule is COc1cccc([C@@H]2C(C#N)=C3N=C(N)c4ccccc4N3C3=C2C(=O)C[C@H](c2ccccc2)C3)c1. The minimum atomic E-state index is -0.544. The molecule has 0 saturated heterocycles. The van der Waals surface area contributed by atoms with Crippen molar-refractivity contribution < 1.29 is 9.53 Å².